The highest BCUT2D eigenvalue weighted by atomic mass is 15.4. The summed E-state index contributed by atoms with van der Waals surface area (Å²) in [5.74, 6) is 1.54. The van der Waals surface area contributed by atoms with Crippen molar-refractivity contribution in [3.63, 3.8) is 0 Å². The predicted octanol–water partition coefficient (Wildman–Crippen LogP) is -0.428. The molecule has 2 heterocycles. The van der Waals surface area contributed by atoms with Crippen molar-refractivity contribution in [2.45, 2.75) is 18.9 Å². The summed E-state index contributed by atoms with van der Waals surface area (Å²) in [4.78, 5) is 4.94. The summed E-state index contributed by atoms with van der Waals surface area (Å²) in [6.45, 7) is 7.01. The normalized spacial score (nSPS) is 33.2. The molecule has 19 heavy (non-hydrogen) atoms. The second kappa shape index (κ2) is 7.55. The number of hydrogen-bond acceptors (Lipinski definition) is 5. The van der Waals surface area contributed by atoms with E-state index in [1.54, 1.807) is 0 Å². The van der Waals surface area contributed by atoms with Gasteiger partial charge in [0.25, 0.3) is 0 Å². The Labute approximate surface area is 118 Å². The first-order valence-corrected chi connectivity index (χ1v) is 7.70. The molecule has 0 radical (unpaired) electrons. The summed E-state index contributed by atoms with van der Waals surface area (Å²) in [5, 5.41) is 3.22. The largest absolute Gasteiger partial charge is 0.318 e. The van der Waals surface area contributed by atoms with Gasteiger partial charge in [0, 0.05) is 44.7 Å². The monoisotopic (exact) mass is 269 g/mol. The average molecular weight is 269 g/mol. The summed E-state index contributed by atoms with van der Waals surface area (Å²) in [7, 11) is 6.51. The Hall–Kier alpha value is -0.200. The Morgan fingerprint density at radius 1 is 1.42 bits per heavy atom. The van der Waals surface area contributed by atoms with Gasteiger partial charge in [0.05, 0.1) is 0 Å². The van der Waals surface area contributed by atoms with Crippen LogP contribution in [0.1, 0.15) is 12.8 Å². The van der Waals surface area contributed by atoms with Crippen molar-refractivity contribution in [3.05, 3.63) is 0 Å². The number of likely N-dealkylation sites (tertiary alicyclic amines) is 1. The van der Waals surface area contributed by atoms with Gasteiger partial charge in [-0.15, -0.1) is 0 Å². The fraction of sp³-hybridized carbons (Fsp3) is 1.00. The number of hydrogen-bond donors (Lipinski definition) is 3. The van der Waals surface area contributed by atoms with E-state index in [0.717, 1.165) is 31.5 Å². The van der Waals surface area contributed by atoms with Crippen LogP contribution < -0.4 is 16.2 Å². The molecule has 5 heteroatoms. The highest BCUT2D eigenvalue weighted by Crippen LogP contribution is 2.25. The number of hydrazine groups is 1. The maximum absolute atomic E-state index is 3.54. The van der Waals surface area contributed by atoms with Crippen LogP contribution in [0.3, 0.4) is 0 Å². The first kappa shape index (κ1) is 15.2. The molecule has 2 saturated heterocycles. The number of piperidine rings is 1. The van der Waals surface area contributed by atoms with E-state index in [-0.39, 0.29) is 0 Å². The Morgan fingerprint density at radius 2 is 2.26 bits per heavy atom. The summed E-state index contributed by atoms with van der Waals surface area (Å²) in [5.41, 5.74) is 6.92. The smallest absolute Gasteiger partial charge is 0.0306 e. The topological polar surface area (TPSA) is 42.6 Å². The van der Waals surface area contributed by atoms with E-state index in [9.17, 15) is 0 Å². The third-order valence-electron chi connectivity index (χ3n) is 4.60. The summed E-state index contributed by atoms with van der Waals surface area (Å²) in [6.07, 6.45) is 2.72. The molecule has 0 amide bonds. The Bertz CT molecular complexity index is 260. The highest BCUT2D eigenvalue weighted by molar-refractivity contribution is 4.91. The number of nitrogens with one attached hydrogen (secondary N) is 3. The summed E-state index contributed by atoms with van der Waals surface area (Å²) >= 11 is 0. The third-order valence-corrected chi connectivity index (χ3v) is 4.60. The molecule has 112 valence electrons. The molecule has 2 fully saturated rings. The molecule has 0 aliphatic carbocycles. The number of likely N-dealkylation sites (N-methyl/N-ethyl adjacent to an activating group) is 2. The van der Waals surface area contributed by atoms with E-state index >= 15 is 0 Å². The Morgan fingerprint density at radius 3 is 3.00 bits per heavy atom. The van der Waals surface area contributed by atoms with Crippen molar-refractivity contribution >= 4 is 0 Å². The van der Waals surface area contributed by atoms with Gasteiger partial charge in [-0.2, -0.15) is 0 Å². The van der Waals surface area contributed by atoms with Gasteiger partial charge < -0.3 is 15.1 Å². The molecule has 3 N–H and O–H groups in total. The maximum Gasteiger partial charge on any atom is 0.0306 e. The number of nitrogens with zero attached hydrogens (tertiary/aromatic N) is 2. The van der Waals surface area contributed by atoms with Gasteiger partial charge in [0.15, 0.2) is 0 Å². The van der Waals surface area contributed by atoms with E-state index in [2.05, 4.69) is 40.1 Å². The molecule has 2 aliphatic heterocycles. The van der Waals surface area contributed by atoms with Gasteiger partial charge in [0.1, 0.15) is 0 Å². The molecule has 0 saturated carbocycles. The third kappa shape index (κ3) is 4.39. The molecule has 3 atom stereocenters. The summed E-state index contributed by atoms with van der Waals surface area (Å²) in [6, 6.07) is 0.639. The lowest BCUT2D eigenvalue weighted by Gasteiger charge is -2.36. The van der Waals surface area contributed by atoms with Crippen molar-refractivity contribution in [1.29, 1.82) is 0 Å². The molecule has 0 aromatic carbocycles. The minimum absolute atomic E-state index is 0.639. The Balaban J connectivity index is 1.82. The van der Waals surface area contributed by atoms with Crippen LogP contribution in [0.5, 0.6) is 0 Å². The van der Waals surface area contributed by atoms with Crippen LogP contribution in [0.2, 0.25) is 0 Å². The second-order valence-corrected chi connectivity index (χ2v) is 6.34. The standard InChI is InChI=1S/C14H31N5/c1-15-6-8-19(3)11-13-9-16-17-14(13)12-5-4-7-18(2)10-12/h12-17H,4-11H2,1-3H3. The minimum atomic E-state index is 0.639. The molecule has 5 nitrogen and oxygen atoms in total. The van der Waals surface area contributed by atoms with E-state index in [1.165, 1.54) is 32.5 Å². The Kier molecular flexibility index (Phi) is 6.04. The van der Waals surface area contributed by atoms with Gasteiger partial charge >= 0.3 is 0 Å². The van der Waals surface area contributed by atoms with Crippen molar-refractivity contribution in [2.75, 3.05) is 60.4 Å². The van der Waals surface area contributed by atoms with Crippen molar-refractivity contribution < 1.29 is 0 Å². The SMILES string of the molecule is CNCCN(C)CC1CNNC1C1CCCN(C)C1. The van der Waals surface area contributed by atoms with Gasteiger partial charge in [-0.1, -0.05) is 0 Å². The molecule has 0 aromatic heterocycles. The van der Waals surface area contributed by atoms with Crippen LogP contribution >= 0.6 is 0 Å². The van der Waals surface area contributed by atoms with E-state index in [4.69, 9.17) is 0 Å². The fourth-order valence-electron chi connectivity index (χ4n) is 3.53. The first-order valence-electron chi connectivity index (χ1n) is 7.70. The van der Waals surface area contributed by atoms with Gasteiger partial charge in [-0.3, -0.25) is 10.9 Å². The molecule has 0 bridgehead atoms. The van der Waals surface area contributed by atoms with Crippen molar-refractivity contribution in [1.82, 2.24) is 26.0 Å². The fourth-order valence-corrected chi connectivity index (χ4v) is 3.53. The predicted molar refractivity (Wildman–Crippen MR) is 80.1 cm³/mol. The lowest BCUT2D eigenvalue weighted by molar-refractivity contribution is 0.149. The van der Waals surface area contributed by atoms with Crippen LogP contribution in [0, 0.1) is 11.8 Å². The minimum Gasteiger partial charge on any atom is -0.318 e. The van der Waals surface area contributed by atoms with E-state index in [0.29, 0.717) is 6.04 Å². The lowest BCUT2D eigenvalue weighted by Crippen LogP contribution is -2.47. The quantitative estimate of drug-likeness (QED) is 0.611. The van der Waals surface area contributed by atoms with Crippen molar-refractivity contribution in [2.24, 2.45) is 11.8 Å². The zero-order valence-corrected chi connectivity index (χ0v) is 12.8. The molecular formula is C14H31N5. The zero-order chi connectivity index (χ0) is 13.7. The van der Waals surface area contributed by atoms with Crippen LogP contribution in [0.15, 0.2) is 0 Å². The second-order valence-electron chi connectivity index (χ2n) is 6.34. The van der Waals surface area contributed by atoms with Gasteiger partial charge in [0.2, 0.25) is 0 Å². The summed E-state index contributed by atoms with van der Waals surface area (Å²) < 4.78 is 0. The van der Waals surface area contributed by atoms with Crippen LogP contribution in [0.25, 0.3) is 0 Å². The van der Waals surface area contributed by atoms with E-state index < -0.39 is 0 Å². The molecule has 2 aliphatic rings. The van der Waals surface area contributed by atoms with Crippen LogP contribution in [-0.2, 0) is 0 Å². The average Bonchev–Trinajstić information content (AvgIpc) is 2.84. The molecule has 0 spiro atoms. The maximum atomic E-state index is 3.54. The lowest BCUT2D eigenvalue weighted by atomic mass is 9.84. The van der Waals surface area contributed by atoms with Gasteiger partial charge in [-0.05, 0) is 46.4 Å². The number of rotatable bonds is 6. The van der Waals surface area contributed by atoms with Crippen molar-refractivity contribution in [3.8, 4) is 0 Å². The highest BCUT2D eigenvalue weighted by Gasteiger charge is 2.35. The van der Waals surface area contributed by atoms with Crippen LogP contribution in [0.4, 0.5) is 0 Å². The molecule has 2 rings (SSSR count). The molecular weight excluding hydrogens is 238 g/mol. The first-order chi connectivity index (χ1) is 9.20. The zero-order valence-electron chi connectivity index (χ0n) is 12.8. The van der Waals surface area contributed by atoms with Crippen LogP contribution in [-0.4, -0.2) is 76.3 Å². The van der Waals surface area contributed by atoms with Gasteiger partial charge in [-0.25, -0.2) is 0 Å². The molecule has 3 unspecified atom stereocenters. The molecule has 0 aromatic rings. The van der Waals surface area contributed by atoms with E-state index in [1.807, 2.05) is 7.05 Å².